The van der Waals surface area contributed by atoms with E-state index in [-0.39, 0.29) is 42.0 Å². The molecule has 0 heterocycles. The maximum Gasteiger partial charge on any atom is 0.193 e. The molecule has 8 heteroatoms. The van der Waals surface area contributed by atoms with Crippen molar-refractivity contribution in [3.05, 3.63) is 59.7 Å². The number of methoxy groups -OCH3 is 1. The lowest BCUT2D eigenvalue weighted by Crippen LogP contribution is -2.30. The van der Waals surface area contributed by atoms with Crippen LogP contribution in [0.1, 0.15) is 12.5 Å². The molecule has 1 atom stereocenters. The molecule has 136 valence electrons. The van der Waals surface area contributed by atoms with E-state index in [0.29, 0.717) is 17.5 Å². The van der Waals surface area contributed by atoms with Crippen LogP contribution in [0.25, 0.3) is 0 Å². The van der Waals surface area contributed by atoms with Crippen molar-refractivity contribution in [3.8, 4) is 5.75 Å². The van der Waals surface area contributed by atoms with Gasteiger partial charge in [0.1, 0.15) is 23.0 Å². The maximum atomic E-state index is 13.8. The van der Waals surface area contributed by atoms with E-state index in [9.17, 15) is 13.9 Å². The lowest BCUT2D eigenvalue weighted by molar-refractivity contribution is 0.0634. The molecule has 0 bridgehead atoms. The van der Waals surface area contributed by atoms with Gasteiger partial charge in [0.25, 0.3) is 0 Å². The van der Waals surface area contributed by atoms with Crippen LogP contribution >= 0.6 is 24.0 Å². The van der Waals surface area contributed by atoms with E-state index in [2.05, 4.69) is 10.3 Å². The molecule has 0 saturated heterocycles. The van der Waals surface area contributed by atoms with E-state index < -0.39 is 17.2 Å². The number of nitrogens with two attached hydrogens (primary N) is 1. The Balaban J connectivity index is 0.00000312. The molecular weight excluding hydrogens is 443 g/mol. The Bertz CT molecular complexity index is 737. The Morgan fingerprint density at radius 2 is 1.88 bits per heavy atom. The number of ether oxygens (including phenoxy) is 1. The summed E-state index contributed by atoms with van der Waals surface area (Å²) in [6.07, 6.45) is 0. The monoisotopic (exact) mass is 463 g/mol. The number of aliphatic hydroxyl groups is 1. The zero-order chi connectivity index (χ0) is 17.7. The number of rotatable bonds is 5. The largest absolute Gasteiger partial charge is 0.497 e. The van der Waals surface area contributed by atoms with Gasteiger partial charge in [-0.05, 0) is 37.3 Å². The Morgan fingerprint density at radius 1 is 1.24 bits per heavy atom. The summed E-state index contributed by atoms with van der Waals surface area (Å²) in [5, 5.41) is 13.2. The molecule has 5 nitrogen and oxygen atoms in total. The number of aliphatic imine (C=N–C) groups is 1. The smallest absolute Gasteiger partial charge is 0.193 e. The first-order valence-electron chi connectivity index (χ1n) is 7.21. The Hall–Kier alpha value is -1.94. The van der Waals surface area contributed by atoms with Crippen molar-refractivity contribution in [2.75, 3.05) is 19.0 Å². The van der Waals surface area contributed by atoms with E-state index in [1.54, 1.807) is 31.4 Å². The molecule has 0 aliphatic rings. The predicted molar refractivity (Wildman–Crippen MR) is 104 cm³/mol. The van der Waals surface area contributed by atoms with Crippen LogP contribution in [-0.2, 0) is 5.60 Å². The summed E-state index contributed by atoms with van der Waals surface area (Å²) in [5.41, 5.74) is 4.78. The first-order valence-corrected chi connectivity index (χ1v) is 7.21. The van der Waals surface area contributed by atoms with E-state index in [1.807, 2.05) is 0 Å². The molecule has 2 aromatic rings. The van der Waals surface area contributed by atoms with Gasteiger partial charge in [-0.15, -0.1) is 24.0 Å². The van der Waals surface area contributed by atoms with Gasteiger partial charge < -0.3 is 20.9 Å². The van der Waals surface area contributed by atoms with Crippen LogP contribution in [0.3, 0.4) is 0 Å². The molecule has 2 rings (SSSR count). The fourth-order valence-electron chi connectivity index (χ4n) is 2.11. The maximum absolute atomic E-state index is 13.8. The van der Waals surface area contributed by atoms with Crippen LogP contribution in [-0.4, -0.2) is 24.7 Å². The standard InChI is InChI=1S/C17H19F2N3O2.HI/c1-17(23,14-8-3-11(18)9-15(14)19)10-21-16(20)22-12-4-6-13(24-2)7-5-12;/h3-9,23H,10H2,1-2H3,(H3,20,21,22);1H. The van der Waals surface area contributed by atoms with E-state index >= 15 is 0 Å². The van der Waals surface area contributed by atoms with Gasteiger partial charge in [-0.2, -0.15) is 0 Å². The van der Waals surface area contributed by atoms with E-state index in [0.717, 1.165) is 6.07 Å². The number of nitrogens with one attached hydrogen (secondary N) is 1. The van der Waals surface area contributed by atoms with Crippen molar-refractivity contribution >= 4 is 35.6 Å². The molecule has 0 aliphatic carbocycles. The van der Waals surface area contributed by atoms with Crippen LogP contribution in [0.15, 0.2) is 47.5 Å². The average molecular weight is 463 g/mol. The van der Waals surface area contributed by atoms with Crippen molar-refractivity contribution in [2.45, 2.75) is 12.5 Å². The molecule has 0 spiro atoms. The number of nitrogens with zero attached hydrogens (tertiary/aromatic N) is 1. The zero-order valence-electron chi connectivity index (χ0n) is 13.8. The van der Waals surface area contributed by atoms with Gasteiger partial charge in [0.15, 0.2) is 5.96 Å². The summed E-state index contributed by atoms with van der Waals surface area (Å²) in [7, 11) is 1.56. The average Bonchev–Trinajstić information content (AvgIpc) is 2.53. The van der Waals surface area contributed by atoms with Gasteiger partial charge in [-0.1, -0.05) is 6.07 Å². The molecule has 2 aromatic carbocycles. The normalized spacial score (nSPS) is 13.6. The molecule has 1 unspecified atom stereocenters. The van der Waals surface area contributed by atoms with Gasteiger partial charge in [0.2, 0.25) is 0 Å². The van der Waals surface area contributed by atoms with Crippen LogP contribution in [0.5, 0.6) is 5.75 Å². The van der Waals surface area contributed by atoms with Crippen molar-refractivity contribution < 1.29 is 18.6 Å². The third-order valence-corrected chi connectivity index (χ3v) is 3.43. The highest BCUT2D eigenvalue weighted by atomic mass is 127. The van der Waals surface area contributed by atoms with Crippen molar-refractivity contribution in [1.82, 2.24) is 0 Å². The van der Waals surface area contributed by atoms with Gasteiger partial charge in [0, 0.05) is 17.3 Å². The highest BCUT2D eigenvalue weighted by molar-refractivity contribution is 14.0. The zero-order valence-corrected chi connectivity index (χ0v) is 16.1. The fraction of sp³-hybridized carbons (Fsp3) is 0.235. The van der Waals surface area contributed by atoms with Gasteiger partial charge in [-0.3, -0.25) is 0 Å². The van der Waals surface area contributed by atoms with Crippen molar-refractivity contribution in [3.63, 3.8) is 0 Å². The molecule has 25 heavy (non-hydrogen) atoms. The third-order valence-electron chi connectivity index (χ3n) is 3.43. The predicted octanol–water partition coefficient (Wildman–Crippen LogP) is 3.23. The number of guanidine groups is 1. The second-order valence-electron chi connectivity index (χ2n) is 5.45. The Morgan fingerprint density at radius 3 is 2.44 bits per heavy atom. The molecule has 0 aromatic heterocycles. The first-order chi connectivity index (χ1) is 11.3. The van der Waals surface area contributed by atoms with Gasteiger partial charge in [0.05, 0.1) is 13.7 Å². The van der Waals surface area contributed by atoms with E-state index in [4.69, 9.17) is 10.5 Å². The highest BCUT2D eigenvalue weighted by Crippen LogP contribution is 2.24. The first kappa shape index (κ1) is 21.1. The molecule has 0 amide bonds. The topological polar surface area (TPSA) is 79.9 Å². The SMILES string of the molecule is COc1ccc(NC(N)=NCC(C)(O)c2ccc(F)cc2F)cc1.I. The third kappa shape index (κ3) is 5.82. The van der Waals surface area contributed by atoms with Gasteiger partial charge in [-0.25, -0.2) is 13.8 Å². The summed E-state index contributed by atoms with van der Waals surface area (Å²) in [5.74, 6) is -0.790. The number of benzene rings is 2. The summed E-state index contributed by atoms with van der Waals surface area (Å²) in [6.45, 7) is 1.19. The van der Waals surface area contributed by atoms with Crippen molar-refractivity contribution in [1.29, 1.82) is 0 Å². The number of hydrogen-bond donors (Lipinski definition) is 3. The minimum Gasteiger partial charge on any atom is -0.497 e. The van der Waals surface area contributed by atoms with Crippen molar-refractivity contribution in [2.24, 2.45) is 10.7 Å². The number of anilines is 1. The minimum absolute atomic E-state index is 0. The molecule has 0 fully saturated rings. The molecule has 0 saturated carbocycles. The second-order valence-corrected chi connectivity index (χ2v) is 5.45. The fourth-order valence-corrected chi connectivity index (χ4v) is 2.11. The number of halogens is 3. The van der Waals surface area contributed by atoms with Crippen LogP contribution in [0.4, 0.5) is 14.5 Å². The molecular formula is C17H20F2IN3O2. The van der Waals surface area contributed by atoms with E-state index in [1.165, 1.54) is 13.0 Å². The Labute approximate surface area is 161 Å². The van der Waals surface area contributed by atoms with Gasteiger partial charge >= 0.3 is 0 Å². The Kier molecular flexibility index (Phi) is 7.56. The summed E-state index contributed by atoms with van der Waals surface area (Å²) in [6, 6.07) is 9.98. The number of hydrogen-bond acceptors (Lipinski definition) is 3. The summed E-state index contributed by atoms with van der Waals surface area (Å²) in [4.78, 5) is 4.02. The summed E-state index contributed by atoms with van der Waals surface area (Å²) >= 11 is 0. The highest BCUT2D eigenvalue weighted by Gasteiger charge is 2.26. The van der Waals surface area contributed by atoms with Crippen LogP contribution < -0.4 is 15.8 Å². The summed E-state index contributed by atoms with van der Waals surface area (Å²) < 4.78 is 31.8. The molecule has 0 aliphatic heterocycles. The van der Waals surface area contributed by atoms with Crippen LogP contribution in [0.2, 0.25) is 0 Å². The quantitative estimate of drug-likeness (QED) is 0.362. The molecule has 0 radical (unpaired) electrons. The second kappa shape index (κ2) is 8.95. The lowest BCUT2D eigenvalue weighted by atomic mass is 9.95. The minimum atomic E-state index is -1.62. The lowest BCUT2D eigenvalue weighted by Gasteiger charge is -2.22. The van der Waals surface area contributed by atoms with Crippen LogP contribution in [0, 0.1) is 11.6 Å². The molecule has 4 N–H and O–H groups in total.